The molecule has 4 aliphatic heterocycles. The molecule has 0 aromatic heterocycles. The topological polar surface area (TPSA) is 244 Å². The molecule has 0 spiro atoms. The van der Waals surface area contributed by atoms with Gasteiger partial charge in [0, 0.05) is 39.2 Å². The van der Waals surface area contributed by atoms with Gasteiger partial charge < -0.3 is 28.3 Å². The first-order valence-corrected chi connectivity index (χ1v) is 41.7. The standard InChI is InChI=1S/C43H79N3O9Si2.C30H52N2O6/c1-17-19-24-56(13,14)55-57(15,16)25-20-21-45-36(48)32(34(37(45)49)42(7,8)27-30(39(51)52)29(3)40(53)54-18-2)28-43(9,10)33-31(26-41(4,5)6)35(47)46(38(33)50)23-22-44(11)12;1-19(18-38-15-14-37-11)32-24(33)20(2)21(26(32)35)17-30(9,10)23-22(16-29(6,7)8)25(34)31(27(23)36)13-12-28(3,4)5/h29-34H,17-28H2,1-16H3,(H,51,52);19-23H,12-18H2,1-11H3. The van der Waals surface area contributed by atoms with Crippen LogP contribution in [-0.2, 0) is 66.3 Å². The minimum atomic E-state index is -2.13. The summed E-state index contributed by atoms with van der Waals surface area (Å²) in [6, 6.07) is 1.46. The Morgan fingerprint density at radius 3 is 1.41 bits per heavy atom. The van der Waals surface area contributed by atoms with Gasteiger partial charge in [0.1, 0.15) is 0 Å². The van der Waals surface area contributed by atoms with E-state index in [4.69, 9.17) is 18.3 Å². The van der Waals surface area contributed by atoms with Gasteiger partial charge in [-0.25, -0.2) is 0 Å². The molecule has 20 nitrogen and oxygen atoms in total. The van der Waals surface area contributed by atoms with Gasteiger partial charge in [0.25, 0.3) is 0 Å². The number of rotatable bonds is 35. The fourth-order valence-corrected chi connectivity index (χ4v) is 24.5. The summed E-state index contributed by atoms with van der Waals surface area (Å²) in [5.74, 6) is -10.8. The zero-order valence-corrected chi connectivity index (χ0v) is 66.2. The summed E-state index contributed by atoms with van der Waals surface area (Å²) in [4.78, 5) is 145. The van der Waals surface area contributed by atoms with E-state index < -0.39 is 110 Å². The molecule has 8 amide bonds. The Hall–Kier alpha value is -4.23. The number of ether oxygens (including phenoxy) is 3. The van der Waals surface area contributed by atoms with E-state index in [-0.39, 0.29) is 103 Å². The highest BCUT2D eigenvalue weighted by Gasteiger charge is 2.61. The monoisotopic (exact) mass is 1370 g/mol. The summed E-state index contributed by atoms with van der Waals surface area (Å²) in [6.45, 7) is 50.6. The molecule has 95 heavy (non-hydrogen) atoms. The largest absolute Gasteiger partial charge is 0.481 e. The molecule has 11 atom stereocenters. The van der Waals surface area contributed by atoms with Crippen LogP contribution in [-0.4, -0.2) is 185 Å². The lowest BCUT2D eigenvalue weighted by atomic mass is 9.61. The Labute approximate surface area is 575 Å². The second-order valence-electron chi connectivity index (χ2n) is 35.6. The molecule has 0 bridgehead atoms. The molecule has 546 valence electrons. The van der Waals surface area contributed by atoms with Gasteiger partial charge in [0.05, 0.1) is 85.7 Å². The van der Waals surface area contributed by atoms with E-state index >= 15 is 0 Å². The van der Waals surface area contributed by atoms with Crippen LogP contribution < -0.4 is 0 Å². The fraction of sp³-hybridized carbons (Fsp3) is 0.863. The van der Waals surface area contributed by atoms with Crippen LogP contribution in [0.5, 0.6) is 0 Å². The van der Waals surface area contributed by atoms with E-state index in [1.165, 1.54) is 26.5 Å². The molecule has 0 aliphatic carbocycles. The molecule has 4 saturated heterocycles. The molecule has 1 N–H and O–H groups in total. The Morgan fingerprint density at radius 2 is 0.989 bits per heavy atom. The van der Waals surface area contributed by atoms with Crippen LogP contribution >= 0.6 is 0 Å². The zero-order valence-electron chi connectivity index (χ0n) is 64.2. The molecule has 0 radical (unpaired) electrons. The number of hydrogen-bond donors (Lipinski definition) is 1. The number of likely N-dealkylation sites (tertiary alicyclic amines) is 4. The normalized spacial score (nSPS) is 24.0. The summed E-state index contributed by atoms with van der Waals surface area (Å²) in [5.41, 5.74) is -2.99. The number of imide groups is 4. The lowest BCUT2D eigenvalue weighted by Gasteiger charge is -2.40. The van der Waals surface area contributed by atoms with Gasteiger partial charge in [-0.15, -0.1) is 0 Å². The maximum absolute atomic E-state index is 14.7. The smallest absolute Gasteiger partial charge is 0.309 e. The second kappa shape index (κ2) is 33.8. The number of nitrogens with zero attached hydrogens (tertiary/aromatic N) is 5. The third-order valence-corrected chi connectivity index (χ3v) is 27.8. The van der Waals surface area contributed by atoms with Gasteiger partial charge in [-0.3, -0.25) is 67.5 Å². The van der Waals surface area contributed by atoms with E-state index in [1.54, 1.807) is 21.0 Å². The summed E-state index contributed by atoms with van der Waals surface area (Å²) >= 11 is 0. The summed E-state index contributed by atoms with van der Waals surface area (Å²) in [6.07, 6.45) is 5.09. The van der Waals surface area contributed by atoms with Gasteiger partial charge in [0.15, 0.2) is 16.6 Å². The number of methoxy groups -OCH3 is 1. The number of likely N-dealkylation sites (N-methyl/N-ethyl adjacent to an activating group) is 1. The average Bonchev–Trinajstić information content (AvgIpc) is 1.61. The fourth-order valence-electron chi connectivity index (χ4n) is 15.5. The number of carbonyl (C=O) groups excluding carboxylic acids is 9. The second-order valence-corrected chi connectivity index (χ2v) is 44.5. The van der Waals surface area contributed by atoms with E-state index in [9.17, 15) is 53.1 Å². The molecule has 0 aromatic carbocycles. The van der Waals surface area contributed by atoms with Crippen molar-refractivity contribution in [2.24, 2.45) is 91.7 Å². The van der Waals surface area contributed by atoms with E-state index in [1.807, 2.05) is 88.2 Å². The predicted octanol–water partition coefficient (Wildman–Crippen LogP) is 12.1. The number of unbranched alkanes of at least 4 members (excludes halogenated alkanes) is 1. The first-order chi connectivity index (χ1) is 43.3. The zero-order chi connectivity index (χ0) is 73.3. The number of esters is 1. The van der Waals surface area contributed by atoms with E-state index in [0.717, 1.165) is 31.4 Å². The van der Waals surface area contributed by atoms with Gasteiger partial charge in [0.2, 0.25) is 47.3 Å². The number of carboxylic acids is 1. The highest BCUT2D eigenvalue weighted by molar-refractivity contribution is 6.84. The maximum Gasteiger partial charge on any atom is 0.309 e. The first-order valence-electron chi connectivity index (χ1n) is 35.5. The average molecular weight is 1380 g/mol. The van der Waals surface area contributed by atoms with Crippen molar-refractivity contribution in [1.29, 1.82) is 0 Å². The number of hydrogen-bond acceptors (Lipinski definition) is 15. The van der Waals surface area contributed by atoms with Crippen molar-refractivity contribution in [2.45, 2.75) is 241 Å². The van der Waals surface area contributed by atoms with Crippen molar-refractivity contribution in [2.75, 3.05) is 73.8 Å². The van der Waals surface area contributed by atoms with Gasteiger partial charge in [-0.2, -0.15) is 0 Å². The number of carbonyl (C=O) groups is 10. The molecule has 0 saturated carbocycles. The minimum absolute atomic E-state index is 0.00677. The molecule has 4 aliphatic rings. The molecular weight excluding hydrogens is 1240 g/mol. The van der Waals surface area contributed by atoms with Crippen molar-refractivity contribution in [3.05, 3.63) is 0 Å². The van der Waals surface area contributed by atoms with Gasteiger partial charge in [-0.05, 0) is 144 Å². The molecule has 22 heteroatoms. The van der Waals surface area contributed by atoms with Crippen LogP contribution in [0.1, 0.15) is 196 Å². The lowest BCUT2D eigenvalue weighted by Crippen LogP contribution is -2.44. The van der Waals surface area contributed by atoms with Crippen molar-refractivity contribution in [1.82, 2.24) is 24.5 Å². The maximum atomic E-state index is 14.7. The lowest BCUT2D eigenvalue weighted by molar-refractivity contribution is -0.158. The number of carboxylic acid groups (broad SMARTS) is 1. The van der Waals surface area contributed by atoms with Crippen LogP contribution in [0.2, 0.25) is 38.3 Å². The molecule has 4 heterocycles. The molecular formula is C73H131N5O15Si2. The van der Waals surface area contributed by atoms with Crippen molar-refractivity contribution < 1.29 is 71.4 Å². The molecule has 11 unspecified atom stereocenters. The highest BCUT2D eigenvalue weighted by atomic mass is 28.4. The van der Waals surface area contributed by atoms with Crippen molar-refractivity contribution in [3.8, 4) is 0 Å². The predicted molar refractivity (Wildman–Crippen MR) is 376 cm³/mol. The van der Waals surface area contributed by atoms with Gasteiger partial charge in [-0.1, -0.05) is 137 Å². The highest BCUT2D eigenvalue weighted by Crippen LogP contribution is 2.54. The Morgan fingerprint density at radius 1 is 0.558 bits per heavy atom. The third-order valence-electron chi connectivity index (χ3n) is 20.3. The van der Waals surface area contributed by atoms with Crippen LogP contribution in [0.4, 0.5) is 0 Å². The summed E-state index contributed by atoms with van der Waals surface area (Å²) < 4.78 is 22.6. The van der Waals surface area contributed by atoms with E-state index in [0.29, 0.717) is 52.0 Å². The Bertz CT molecular complexity index is 2690. The van der Waals surface area contributed by atoms with Crippen molar-refractivity contribution in [3.63, 3.8) is 0 Å². The number of amides is 8. The minimum Gasteiger partial charge on any atom is -0.481 e. The summed E-state index contributed by atoms with van der Waals surface area (Å²) in [7, 11) is 1.37. The summed E-state index contributed by atoms with van der Waals surface area (Å²) in [5, 5.41) is 10.4. The molecule has 0 aromatic rings. The van der Waals surface area contributed by atoms with Crippen LogP contribution in [0.25, 0.3) is 0 Å². The van der Waals surface area contributed by atoms with Crippen molar-refractivity contribution >= 4 is 75.8 Å². The first kappa shape index (κ1) is 85.0. The van der Waals surface area contributed by atoms with Crippen LogP contribution in [0.3, 0.4) is 0 Å². The van der Waals surface area contributed by atoms with E-state index in [2.05, 4.69) is 74.7 Å². The number of aliphatic carboxylic acids is 1. The Kier molecular flexibility index (Phi) is 30.2. The molecule has 4 rings (SSSR count). The van der Waals surface area contributed by atoms with Crippen LogP contribution in [0, 0.1) is 91.7 Å². The van der Waals surface area contributed by atoms with Crippen LogP contribution in [0.15, 0.2) is 0 Å². The third kappa shape index (κ3) is 23.2. The van der Waals surface area contributed by atoms with Gasteiger partial charge >= 0.3 is 11.9 Å². The Balaban J connectivity index is 0.000000536. The quantitative estimate of drug-likeness (QED) is 0.0268. The molecule has 4 fully saturated rings. The SMILES string of the molecule is CCCC[Si](C)(C)O[Si](C)(C)CCCN1C(=O)C(CC(C)(C)C2C(=O)N(CCN(C)C)C(=O)C2CC(C)(C)C)C(C(C)(C)CC(C(=O)O)C(C)C(=O)OCC)C1=O.COCCOCC(C)N1C(=O)C(C)C(CC(C)(C)C2C(=O)N(CCC(C)(C)C)C(=O)C2CC(C)(C)C)C1=O.